The summed E-state index contributed by atoms with van der Waals surface area (Å²) in [6.45, 7) is 7.79. The average Bonchev–Trinajstić information content (AvgIpc) is 3.81. The largest absolute Gasteiger partial charge is 0.497 e. The van der Waals surface area contributed by atoms with Gasteiger partial charge < -0.3 is 30.5 Å². The van der Waals surface area contributed by atoms with Crippen molar-refractivity contribution in [2.75, 3.05) is 29.7 Å². The maximum absolute atomic E-state index is 15.1. The Bertz CT molecular complexity index is 2100. The van der Waals surface area contributed by atoms with Crippen LogP contribution in [0.2, 0.25) is 18.6 Å². The number of methoxy groups -OCH3 is 1. The summed E-state index contributed by atoms with van der Waals surface area (Å²) in [5.41, 5.74) is 9.73. The Balaban J connectivity index is 1.21. The number of ether oxygens (including phenoxy) is 2. The molecule has 5 aromatic rings. The molecule has 4 N–H and O–H groups in total. The predicted molar refractivity (Wildman–Crippen MR) is 208 cm³/mol. The van der Waals surface area contributed by atoms with Crippen LogP contribution in [0.15, 0.2) is 103 Å². The molecule has 0 aliphatic carbocycles. The van der Waals surface area contributed by atoms with Gasteiger partial charge in [-0.3, -0.25) is 14.3 Å². The Hall–Kier alpha value is -5.30. The van der Waals surface area contributed by atoms with Crippen LogP contribution in [0.3, 0.4) is 0 Å². The number of fused-ring (bicyclic) bond motifs is 2. The molecular formula is C41H46N6O5Si. The highest BCUT2D eigenvalue weighted by atomic mass is 28.3. The number of nitrogens with two attached hydrogens (primary N) is 1. The number of aliphatic hydroxyl groups is 1. The number of aryl methyl sites for hydroxylation is 1. The molecule has 4 atom stereocenters. The second kappa shape index (κ2) is 14.6. The first-order chi connectivity index (χ1) is 25.5. The van der Waals surface area contributed by atoms with Crippen molar-refractivity contribution in [3.63, 3.8) is 0 Å². The molecule has 2 aliphatic heterocycles. The van der Waals surface area contributed by atoms with E-state index in [9.17, 15) is 9.90 Å². The molecule has 1 fully saturated rings. The van der Waals surface area contributed by atoms with E-state index >= 15 is 4.79 Å². The van der Waals surface area contributed by atoms with E-state index in [0.717, 1.165) is 28.3 Å². The first-order valence-electron chi connectivity index (χ1n) is 18.0. The smallest absolute Gasteiger partial charge is 0.264 e. The van der Waals surface area contributed by atoms with Gasteiger partial charge in [0.2, 0.25) is 0 Å². The van der Waals surface area contributed by atoms with Crippen LogP contribution in [0.25, 0.3) is 0 Å². The first kappa shape index (κ1) is 36.1. The van der Waals surface area contributed by atoms with Gasteiger partial charge in [0.1, 0.15) is 5.75 Å². The Morgan fingerprint density at radius 1 is 1.04 bits per heavy atom. The molecule has 3 heterocycles. The zero-order valence-corrected chi connectivity index (χ0v) is 31.5. The lowest BCUT2D eigenvalue weighted by atomic mass is 9.82. The SMILES string of the molecule is COc1ccc([Si](C)(C)[C@@H]2[C@@H](CCn3cc(CCO)nn3)O[C@]3(C(=O)N(Cc4cccc(NC(=O)c5ccc(N)cc5)c4)c4ccccc43)[C@H]2C)cc1. The minimum Gasteiger partial charge on any atom is -0.497 e. The van der Waals surface area contributed by atoms with E-state index in [-0.39, 0.29) is 36.0 Å². The molecule has 1 saturated heterocycles. The quantitative estimate of drug-likeness (QED) is 0.113. The standard InChI is InChI=1S/C41H46N6O5Si/c1-27-38(53(3,4)34-18-16-33(51-2)17-19-34)37(20-22-46-26-32(21-23-48)44-45-46)52-41(27)35-10-5-6-11-36(35)47(40(41)50)25-28-8-7-9-31(24-28)43-39(49)29-12-14-30(42)15-13-29/h5-19,24,26-27,37-38,48H,20-23,25,42H2,1-4H3,(H,43,49)/t27-,37+,38-,41+/m0/s1. The Kier molecular flexibility index (Phi) is 9.94. The fourth-order valence-corrected chi connectivity index (χ4v) is 12.5. The van der Waals surface area contributed by atoms with E-state index in [2.05, 4.69) is 47.8 Å². The molecule has 12 heteroatoms. The number of nitrogens with zero attached hydrogens (tertiary/aromatic N) is 4. The molecule has 7 rings (SSSR count). The lowest BCUT2D eigenvalue weighted by molar-refractivity contribution is -0.146. The molecule has 1 spiro atoms. The lowest BCUT2D eigenvalue weighted by Crippen LogP contribution is -2.51. The van der Waals surface area contributed by atoms with Gasteiger partial charge in [0, 0.05) is 54.2 Å². The Labute approximate surface area is 310 Å². The highest BCUT2D eigenvalue weighted by Gasteiger charge is 2.66. The number of amides is 2. The van der Waals surface area contributed by atoms with E-state index in [1.807, 2.05) is 71.8 Å². The van der Waals surface area contributed by atoms with Crippen molar-refractivity contribution in [1.29, 1.82) is 0 Å². The number of para-hydroxylation sites is 1. The summed E-state index contributed by atoms with van der Waals surface area (Å²) in [7, 11) is -0.656. The molecule has 2 amide bonds. The van der Waals surface area contributed by atoms with Crippen LogP contribution in [0.5, 0.6) is 5.75 Å². The van der Waals surface area contributed by atoms with Gasteiger partial charge in [-0.1, -0.05) is 72.9 Å². The monoisotopic (exact) mass is 730 g/mol. The summed E-state index contributed by atoms with van der Waals surface area (Å²) < 4.78 is 14.5. The Morgan fingerprint density at radius 2 is 1.79 bits per heavy atom. The van der Waals surface area contributed by atoms with Crippen molar-refractivity contribution in [1.82, 2.24) is 15.0 Å². The van der Waals surface area contributed by atoms with Gasteiger partial charge in [0.25, 0.3) is 11.8 Å². The molecule has 0 unspecified atom stereocenters. The topological polar surface area (TPSA) is 145 Å². The number of hydrogen-bond acceptors (Lipinski definition) is 8. The van der Waals surface area contributed by atoms with Crippen LogP contribution in [-0.4, -0.2) is 59.8 Å². The van der Waals surface area contributed by atoms with E-state index in [1.165, 1.54) is 5.19 Å². The molecule has 0 saturated carbocycles. The number of rotatable bonds is 12. The van der Waals surface area contributed by atoms with Crippen LogP contribution >= 0.6 is 0 Å². The normalized spacial score (nSPS) is 20.9. The van der Waals surface area contributed by atoms with Crippen molar-refractivity contribution in [2.24, 2.45) is 5.92 Å². The molecule has 2 aliphatic rings. The third kappa shape index (κ3) is 6.73. The van der Waals surface area contributed by atoms with E-state index < -0.39 is 13.7 Å². The number of aromatic nitrogens is 3. The lowest BCUT2D eigenvalue weighted by Gasteiger charge is -2.37. The molecule has 0 bridgehead atoms. The minimum absolute atomic E-state index is 0.00869. The summed E-state index contributed by atoms with van der Waals surface area (Å²) in [6, 6.07) is 30.7. The number of nitrogens with one attached hydrogen (secondary N) is 1. The molecule has 4 aromatic carbocycles. The van der Waals surface area contributed by atoms with Gasteiger partial charge in [0.05, 0.1) is 39.2 Å². The summed E-state index contributed by atoms with van der Waals surface area (Å²) in [4.78, 5) is 30.0. The third-order valence-corrected chi connectivity index (χ3v) is 15.4. The number of carbonyl (C=O) groups is 2. The van der Waals surface area contributed by atoms with Crippen LogP contribution in [0.4, 0.5) is 17.1 Å². The molecule has 11 nitrogen and oxygen atoms in total. The van der Waals surface area contributed by atoms with Crippen molar-refractivity contribution < 1.29 is 24.2 Å². The number of benzene rings is 4. The number of anilines is 3. The van der Waals surface area contributed by atoms with Gasteiger partial charge in [-0.25, -0.2) is 0 Å². The maximum atomic E-state index is 15.1. The fourth-order valence-electron chi connectivity index (χ4n) is 8.40. The maximum Gasteiger partial charge on any atom is 0.264 e. The minimum atomic E-state index is -2.33. The van der Waals surface area contributed by atoms with Gasteiger partial charge in [-0.15, -0.1) is 5.10 Å². The van der Waals surface area contributed by atoms with Crippen LogP contribution in [-0.2, 0) is 34.6 Å². The molecule has 53 heavy (non-hydrogen) atoms. The van der Waals surface area contributed by atoms with E-state index in [0.29, 0.717) is 42.9 Å². The second-order valence-corrected chi connectivity index (χ2v) is 19.3. The zero-order valence-electron chi connectivity index (χ0n) is 30.5. The highest BCUT2D eigenvalue weighted by molar-refractivity contribution is 6.91. The highest BCUT2D eigenvalue weighted by Crippen LogP contribution is 2.60. The number of nitrogen functional groups attached to an aromatic ring is 1. The molecule has 0 radical (unpaired) electrons. The fraction of sp³-hybridized carbons (Fsp3) is 0.317. The van der Waals surface area contributed by atoms with E-state index in [4.69, 9.17) is 15.2 Å². The average molecular weight is 731 g/mol. The molecule has 1 aromatic heterocycles. The van der Waals surface area contributed by atoms with Crippen molar-refractivity contribution in [2.45, 2.75) is 63.2 Å². The summed E-state index contributed by atoms with van der Waals surface area (Å²) in [5.74, 6) is 0.325. The van der Waals surface area contributed by atoms with Crippen LogP contribution in [0, 0.1) is 5.92 Å². The van der Waals surface area contributed by atoms with Gasteiger partial charge in [-0.2, -0.15) is 0 Å². The molecular weight excluding hydrogens is 685 g/mol. The van der Waals surface area contributed by atoms with Crippen molar-refractivity contribution in [3.8, 4) is 5.75 Å². The van der Waals surface area contributed by atoms with Gasteiger partial charge in [-0.05, 0) is 72.1 Å². The van der Waals surface area contributed by atoms with Crippen molar-refractivity contribution >= 4 is 42.1 Å². The Morgan fingerprint density at radius 3 is 2.53 bits per heavy atom. The van der Waals surface area contributed by atoms with Gasteiger partial charge >= 0.3 is 0 Å². The summed E-state index contributed by atoms with van der Waals surface area (Å²) in [6.07, 6.45) is 2.70. The summed E-state index contributed by atoms with van der Waals surface area (Å²) in [5, 5.41) is 22.2. The van der Waals surface area contributed by atoms with Crippen LogP contribution < -0.4 is 25.9 Å². The molecule has 274 valence electrons. The number of carbonyl (C=O) groups excluding carboxylic acids is 2. The number of aliphatic hydroxyl groups excluding tert-OH is 1. The number of hydrogen-bond donors (Lipinski definition) is 3. The summed E-state index contributed by atoms with van der Waals surface area (Å²) >= 11 is 0. The van der Waals surface area contributed by atoms with Crippen molar-refractivity contribution in [3.05, 3.63) is 126 Å². The first-order valence-corrected chi connectivity index (χ1v) is 21.1. The second-order valence-electron chi connectivity index (χ2n) is 14.6. The van der Waals surface area contributed by atoms with E-state index in [1.54, 1.807) is 36.1 Å². The third-order valence-electron chi connectivity index (χ3n) is 11.0. The zero-order chi connectivity index (χ0) is 37.3. The predicted octanol–water partition coefficient (Wildman–Crippen LogP) is 5.51. The van der Waals surface area contributed by atoms with Gasteiger partial charge in [0.15, 0.2) is 5.60 Å². The van der Waals surface area contributed by atoms with Crippen LogP contribution in [0.1, 0.15) is 40.5 Å².